The Morgan fingerprint density at radius 1 is 1.40 bits per heavy atom. The molecule has 0 saturated heterocycles. The van der Waals surface area contributed by atoms with Gasteiger partial charge in [0.2, 0.25) is 0 Å². The molecule has 0 aliphatic rings. The molecule has 0 bridgehead atoms. The average Bonchev–Trinajstić information content (AvgIpc) is 2.03. The van der Waals surface area contributed by atoms with Crippen molar-refractivity contribution in [3.63, 3.8) is 0 Å². The largest absolute Gasteiger partial charge is 0.377 e. The third-order valence-electron chi connectivity index (χ3n) is 1.20. The summed E-state index contributed by atoms with van der Waals surface area (Å²) >= 11 is 0. The summed E-state index contributed by atoms with van der Waals surface area (Å²) in [7, 11) is 0. The van der Waals surface area contributed by atoms with Crippen LogP contribution in [-0.4, -0.2) is 6.61 Å². The zero-order valence-corrected chi connectivity index (χ0v) is 5.84. The summed E-state index contributed by atoms with van der Waals surface area (Å²) in [5, 5.41) is 0. The van der Waals surface area contributed by atoms with E-state index in [9.17, 15) is 0 Å². The van der Waals surface area contributed by atoms with Crippen LogP contribution in [0.2, 0.25) is 0 Å². The van der Waals surface area contributed by atoms with Gasteiger partial charge < -0.3 is 4.74 Å². The van der Waals surface area contributed by atoms with Gasteiger partial charge in [-0.05, 0) is 18.6 Å². The summed E-state index contributed by atoms with van der Waals surface area (Å²) in [6.07, 6.45) is 0. The highest BCUT2D eigenvalue weighted by atomic mass is 16.5. The average molecular weight is 134 g/mol. The van der Waals surface area contributed by atoms with E-state index in [4.69, 9.17) is 4.74 Å². The summed E-state index contributed by atoms with van der Waals surface area (Å²) in [4.78, 5) is 0. The second kappa shape index (κ2) is 4.07. The monoisotopic (exact) mass is 134 g/mol. The van der Waals surface area contributed by atoms with Crippen molar-refractivity contribution in [1.29, 1.82) is 0 Å². The Hall–Kier alpha value is -0.820. The lowest BCUT2D eigenvalue weighted by Crippen LogP contribution is -1.90. The Balaban J connectivity index is 2.43. The molecule has 0 N–H and O–H groups in total. The standard InChI is InChI=1S/C9H10O/c1-2-10-8-9-6-4-3-5-7-9/h4-7H,1-2,8H2. The Bertz CT molecular complexity index is 169. The van der Waals surface area contributed by atoms with Crippen LogP contribution in [0, 0.1) is 13.0 Å². The molecule has 1 aromatic carbocycles. The van der Waals surface area contributed by atoms with Crippen LogP contribution in [0.1, 0.15) is 5.56 Å². The molecule has 1 nitrogen and oxygen atoms in total. The predicted molar refractivity (Wildman–Crippen MR) is 40.3 cm³/mol. The summed E-state index contributed by atoms with van der Waals surface area (Å²) in [6, 6.07) is 10.7. The second-order valence-corrected chi connectivity index (χ2v) is 1.96. The molecule has 0 aromatic heterocycles. The van der Waals surface area contributed by atoms with Crippen LogP contribution < -0.4 is 0 Å². The highest BCUT2D eigenvalue weighted by Gasteiger charge is 1.87. The lowest BCUT2D eigenvalue weighted by atomic mass is 10.2. The first kappa shape index (κ1) is 7.29. The molecule has 0 aliphatic heterocycles. The number of hydrogen-bond donors (Lipinski definition) is 0. The van der Waals surface area contributed by atoms with Crippen molar-refractivity contribution in [2.45, 2.75) is 6.61 Å². The van der Waals surface area contributed by atoms with E-state index < -0.39 is 0 Å². The van der Waals surface area contributed by atoms with Crippen molar-refractivity contribution >= 4 is 0 Å². The van der Waals surface area contributed by atoms with Crippen LogP contribution in [0.3, 0.4) is 0 Å². The molecule has 0 heterocycles. The predicted octanol–water partition coefficient (Wildman–Crippen LogP) is 1.84. The maximum Gasteiger partial charge on any atom is 0.0716 e. The number of benzene rings is 1. The first-order chi connectivity index (χ1) is 4.93. The molecule has 0 aliphatic carbocycles. The topological polar surface area (TPSA) is 9.23 Å². The molecule has 0 saturated carbocycles. The van der Waals surface area contributed by atoms with Crippen molar-refractivity contribution in [3.05, 3.63) is 42.8 Å². The van der Waals surface area contributed by atoms with Gasteiger partial charge in [-0.3, -0.25) is 0 Å². The fourth-order valence-electron chi connectivity index (χ4n) is 0.708. The van der Waals surface area contributed by atoms with Gasteiger partial charge in [-0.15, -0.1) is 0 Å². The zero-order chi connectivity index (χ0) is 7.23. The minimum Gasteiger partial charge on any atom is -0.377 e. The van der Waals surface area contributed by atoms with E-state index in [1.54, 1.807) is 0 Å². The van der Waals surface area contributed by atoms with Gasteiger partial charge in [-0.25, -0.2) is 0 Å². The molecule has 1 aromatic rings. The van der Waals surface area contributed by atoms with Crippen LogP contribution in [0.25, 0.3) is 0 Å². The SMILES string of the molecule is [CH2]COCc1cc[c]cc1. The van der Waals surface area contributed by atoms with E-state index in [2.05, 4.69) is 13.0 Å². The smallest absolute Gasteiger partial charge is 0.0716 e. The fraction of sp³-hybridized carbons (Fsp3) is 0.222. The molecule has 52 valence electrons. The summed E-state index contributed by atoms with van der Waals surface area (Å²) in [5.41, 5.74) is 1.17. The van der Waals surface area contributed by atoms with Gasteiger partial charge >= 0.3 is 0 Å². The molecule has 0 amide bonds. The van der Waals surface area contributed by atoms with E-state index in [1.807, 2.05) is 24.3 Å². The van der Waals surface area contributed by atoms with Crippen molar-refractivity contribution in [2.75, 3.05) is 6.61 Å². The van der Waals surface area contributed by atoms with Gasteiger partial charge in [-0.1, -0.05) is 24.3 Å². The Labute approximate surface area is 61.6 Å². The minimum absolute atomic E-state index is 0.526. The van der Waals surface area contributed by atoms with Gasteiger partial charge in [0.25, 0.3) is 0 Å². The third kappa shape index (κ3) is 2.19. The zero-order valence-electron chi connectivity index (χ0n) is 5.84. The summed E-state index contributed by atoms with van der Waals surface area (Å²) < 4.78 is 5.09. The van der Waals surface area contributed by atoms with E-state index >= 15 is 0 Å². The maximum atomic E-state index is 5.09. The lowest BCUT2D eigenvalue weighted by Gasteiger charge is -1.98. The number of rotatable bonds is 3. The molecule has 0 spiro atoms. The summed E-state index contributed by atoms with van der Waals surface area (Å²) in [5.74, 6) is 0. The normalized spacial score (nSPS) is 9.70. The fourth-order valence-corrected chi connectivity index (χ4v) is 0.708. The maximum absolute atomic E-state index is 5.09. The van der Waals surface area contributed by atoms with Crippen molar-refractivity contribution in [1.82, 2.24) is 0 Å². The van der Waals surface area contributed by atoms with E-state index in [0.717, 1.165) is 0 Å². The Kier molecular flexibility index (Phi) is 2.97. The van der Waals surface area contributed by atoms with Gasteiger partial charge in [0, 0.05) is 6.61 Å². The molecular formula is C9H10O. The first-order valence-electron chi connectivity index (χ1n) is 3.25. The summed E-state index contributed by atoms with van der Waals surface area (Å²) in [6.45, 7) is 4.75. The molecule has 0 fully saturated rings. The van der Waals surface area contributed by atoms with Crippen LogP contribution in [-0.2, 0) is 11.3 Å². The van der Waals surface area contributed by atoms with Crippen molar-refractivity contribution < 1.29 is 4.74 Å². The Morgan fingerprint density at radius 2 is 2.10 bits per heavy atom. The second-order valence-electron chi connectivity index (χ2n) is 1.96. The first-order valence-corrected chi connectivity index (χ1v) is 3.25. The van der Waals surface area contributed by atoms with Crippen molar-refractivity contribution in [3.8, 4) is 0 Å². The minimum atomic E-state index is 0.526. The van der Waals surface area contributed by atoms with Gasteiger partial charge in [0.1, 0.15) is 0 Å². The molecular weight excluding hydrogens is 124 g/mol. The van der Waals surface area contributed by atoms with Gasteiger partial charge in [0.15, 0.2) is 0 Å². The number of ether oxygens (including phenoxy) is 1. The Morgan fingerprint density at radius 3 is 2.70 bits per heavy atom. The van der Waals surface area contributed by atoms with E-state index in [0.29, 0.717) is 13.2 Å². The molecule has 10 heavy (non-hydrogen) atoms. The highest BCUT2D eigenvalue weighted by molar-refractivity contribution is 5.12. The quantitative estimate of drug-likeness (QED) is 0.613. The van der Waals surface area contributed by atoms with Gasteiger partial charge in [0.05, 0.1) is 6.61 Å². The van der Waals surface area contributed by atoms with Crippen LogP contribution in [0.15, 0.2) is 24.3 Å². The van der Waals surface area contributed by atoms with Crippen LogP contribution in [0.5, 0.6) is 0 Å². The van der Waals surface area contributed by atoms with Gasteiger partial charge in [-0.2, -0.15) is 0 Å². The molecule has 2 radical (unpaired) electrons. The highest BCUT2D eigenvalue weighted by Crippen LogP contribution is 1.98. The molecule has 0 atom stereocenters. The van der Waals surface area contributed by atoms with Crippen LogP contribution >= 0.6 is 0 Å². The van der Waals surface area contributed by atoms with Crippen molar-refractivity contribution in [2.24, 2.45) is 0 Å². The lowest BCUT2D eigenvalue weighted by molar-refractivity contribution is 0.147. The van der Waals surface area contributed by atoms with Crippen LogP contribution in [0.4, 0.5) is 0 Å². The van der Waals surface area contributed by atoms with E-state index in [-0.39, 0.29) is 0 Å². The molecule has 1 heteroatoms. The number of hydrogen-bond acceptors (Lipinski definition) is 1. The van der Waals surface area contributed by atoms with E-state index in [1.165, 1.54) is 5.56 Å². The molecule has 0 unspecified atom stereocenters. The molecule has 1 rings (SSSR count). The third-order valence-corrected chi connectivity index (χ3v) is 1.20.